The number of allylic oxidation sites excluding steroid dienone is 6. The van der Waals surface area contributed by atoms with Crippen LogP contribution >= 0.6 is 0 Å². The second-order valence-corrected chi connectivity index (χ2v) is 18.5. The van der Waals surface area contributed by atoms with Crippen LogP contribution in [-0.2, 0) is 23.8 Å². The van der Waals surface area contributed by atoms with Gasteiger partial charge in [0.05, 0.1) is 6.61 Å². The Bertz CT molecular complexity index is 986. The van der Waals surface area contributed by atoms with E-state index in [4.69, 9.17) is 14.2 Å². The minimum atomic E-state index is -0.536. The third-order valence-corrected chi connectivity index (χ3v) is 12.1. The van der Waals surface area contributed by atoms with Gasteiger partial charge in [0.1, 0.15) is 6.61 Å². The van der Waals surface area contributed by atoms with E-state index in [0.29, 0.717) is 19.4 Å². The normalized spacial score (nSPS) is 12.4. The van der Waals surface area contributed by atoms with Crippen LogP contribution in [0, 0.1) is 0 Å². The Kier molecular flexibility index (Phi) is 51.8. The van der Waals surface area contributed by atoms with Crippen LogP contribution in [0.3, 0.4) is 0 Å². The molecule has 0 aromatic rings. The predicted molar refractivity (Wildman–Crippen MR) is 270 cm³/mol. The highest BCUT2D eigenvalue weighted by atomic mass is 16.6. The first kappa shape index (κ1) is 60.1. The molecule has 0 aromatic carbocycles. The molecule has 0 aliphatic heterocycles. The van der Waals surface area contributed by atoms with Crippen molar-refractivity contribution in [3.63, 3.8) is 0 Å². The summed E-state index contributed by atoms with van der Waals surface area (Å²) in [4.78, 5) is 25.4. The Morgan fingerprint density at radius 2 is 0.694 bits per heavy atom. The van der Waals surface area contributed by atoms with Crippen molar-refractivity contribution in [1.82, 2.24) is 0 Å². The second-order valence-electron chi connectivity index (χ2n) is 18.5. The van der Waals surface area contributed by atoms with Gasteiger partial charge in [-0.3, -0.25) is 9.59 Å². The van der Waals surface area contributed by atoms with Crippen LogP contribution in [0.5, 0.6) is 0 Å². The van der Waals surface area contributed by atoms with Gasteiger partial charge in [0.25, 0.3) is 0 Å². The molecule has 0 aliphatic carbocycles. The number of rotatable bonds is 51. The maximum Gasteiger partial charge on any atom is 0.306 e. The summed E-state index contributed by atoms with van der Waals surface area (Å²) >= 11 is 0. The lowest BCUT2D eigenvalue weighted by atomic mass is 10.0. The molecule has 0 saturated heterocycles. The first-order valence-corrected chi connectivity index (χ1v) is 27.5. The lowest BCUT2D eigenvalue weighted by Crippen LogP contribution is -2.30. The van der Waals surface area contributed by atoms with Crippen molar-refractivity contribution in [3.8, 4) is 0 Å². The standard InChI is InChI=1S/C57H106O5/c1-4-7-10-13-16-19-22-25-27-28-29-30-32-33-35-38-41-44-47-50-56(58)61-54-55(53-60-52-49-46-43-40-37-24-21-18-15-12-9-6-3)62-57(59)51-48-45-42-39-36-34-31-26-23-20-17-14-11-8-5-2/h15-16,18-19,25,27,55H,4-14,17,20-24,26,28-54H2,1-3H3/b18-15-,19-16-,27-25-. The van der Waals surface area contributed by atoms with E-state index >= 15 is 0 Å². The Morgan fingerprint density at radius 3 is 1.16 bits per heavy atom. The van der Waals surface area contributed by atoms with Crippen LogP contribution in [0.1, 0.15) is 290 Å². The molecule has 0 bridgehead atoms. The van der Waals surface area contributed by atoms with Gasteiger partial charge in [0.15, 0.2) is 6.10 Å². The van der Waals surface area contributed by atoms with Crippen molar-refractivity contribution in [2.24, 2.45) is 0 Å². The zero-order valence-electron chi connectivity index (χ0n) is 41.9. The molecule has 0 heterocycles. The summed E-state index contributed by atoms with van der Waals surface area (Å²) < 4.78 is 17.4. The highest BCUT2D eigenvalue weighted by molar-refractivity contribution is 5.70. The number of carbonyl (C=O) groups excluding carboxylic acids is 2. The zero-order chi connectivity index (χ0) is 44.9. The monoisotopic (exact) mass is 871 g/mol. The Balaban J connectivity index is 4.20. The van der Waals surface area contributed by atoms with Crippen LogP contribution in [0.4, 0.5) is 0 Å². The van der Waals surface area contributed by atoms with Gasteiger partial charge in [0.2, 0.25) is 0 Å². The number of unbranched alkanes of at least 4 members (excludes halogenated alkanes) is 34. The third kappa shape index (κ3) is 50.8. The molecule has 0 aliphatic rings. The number of hydrogen-bond donors (Lipinski definition) is 0. The molecule has 5 heteroatoms. The van der Waals surface area contributed by atoms with Crippen LogP contribution in [0.15, 0.2) is 36.5 Å². The molecule has 0 radical (unpaired) electrons. The van der Waals surface area contributed by atoms with E-state index in [1.807, 2.05) is 0 Å². The summed E-state index contributed by atoms with van der Waals surface area (Å²) in [7, 11) is 0. The molecule has 1 atom stereocenters. The first-order chi connectivity index (χ1) is 30.6. The fourth-order valence-electron chi connectivity index (χ4n) is 7.99. The van der Waals surface area contributed by atoms with Gasteiger partial charge in [-0.05, 0) is 70.6 Å². The minimum Gasteiger partial charge on any atom is -0.462 e. The molecule has 0 N–H and O–H groups in total. The summed E-state index contributed by atoms with van der Waals surface area (Å²) in [6, 6.07) is 0. The fraction of sp³-hybridized carbons (Fsp3) is 0.860. The lowest BCUT2D eigenvalue weighted by molar-refractivity contribution is -0.163. The second kappa shape index (κ2) is 53.5. The van der Waals surface area contributed by atoms with Crippen LogP contribution in [-0.4, -0.2) is 37.9 Å². The van der Waals surface area contributed by atoms with Crippen LogP contribution < -0.4 is 0 Å². The van der Waals surface area contributed by atoms with E-state index in [-0.39, 0.29) is 25.2 Å². The summed E-state index contributed by atoms with van der Waals surface area (Å²) in [6.07, 6.45) is 64.4. The van der Waals surface area contributed by atoms with Crippen molar-refractivity contribution >= 4 is 11.9 Å². The largest absolute Gasteiger partial charge is 0.462 e. The fourth-order valence-corrected chi connectivity index (χ4v) is 7.99. The molecule has 62 heavy (non-hydrogen) atoms. The minimum absolute atomic E-state index is 0.0856. The quantitative estimate of drug-likeness (QED) is 0.0346. The lowest BCUT2D eigenvalue weighted by Gasteiger charge is -2.18. The molecule has 0 amide bonds. The highest BCUT2D eigenvalue weighted by Crippen LogP contribution is 2.16. The van der Waals surface area contributed by atoms with Crippen molar-refractivity contribution in [2.75, 3.05) is 19.8 Å². The topological polar surface area (TPSA) is 61.8 Å². The van der Waals surface area contributed by atoms with E-state index in [1.165, 1.54) is 212 Å². The Hall–Kier alpha value is -1.88. The van der Waals surface area contributed by atoms with Gasteiger partial charge >= 0.3 is 11.9 Å². The van der Waals surface area contributed by atoms with Crippen LogP contribution in [0.25, 0.3) is 0 Å². The Labute approximate surface area is 387 Å². The van der Waals surface area contributed by atoms with E-state index in [0.717, 1.165) is 44.9 Å². The SMILES string of the molecule is CCCC/C=C\CCCCCCCCOCC(COC(=O)CCCCCCCCCCC/C=C\C/C=C\CCCCC)OC(=O)CCCCCCCCCCCCCCCCC. The summed E-state index contributed by atoms with van der Waals surface area (Å²) in [5.74, 6) is -0.389. The van der Waals surface area contributed by atoms with Gasteiger partial charge in [-0.1, -0.05) is 243 Å². The summed E-state index contributed by atoms with van der Waals surface area (Å²) in [5.41, 5.74) is 0. The zero-order valence-corrected chi connectivity index (χ0v) is 41.9. The van der Waals surface area contributed by atoms with Gasteiger partial charge in [-0.15, -0.1) is 0 Å². The van der Waals surface area contributed by atoms with E-state index in [2.05, 4.69) is 57.2 Å². The van der Waals surface area contributed by atoms with Crippen molar-refractivity contribution in [1.29, 1.82) is 0 Å². The maximum absolute atomic E-state index is 12.8. The number of carbonyl (C=O) groups is 2. The van der Waals surface area contributed by atoms with Crippen molar-refractivity contribution in [2.45, 2.75) is 297 Å². The first-order valence-electron chi connectivity index (χ1n) is 27.5. The number of hydrogen-bond acceptors (Lipinski definition) is 5. The summed E-state index contributed by atoms with van der Waals surface area (Å²) in [6.45, 7) is 7.80. The molecule has 0 spiro atoms. The van der Waals surface area contributed by atoms with Gasteiger partial charge < -0.3 is 14.2 Å². The highest BCUT2D eigenvalue weighted by Gasteiger charge is 2.17. The number of ether oxygens (including phenoxy) is 3. The van der Waals surface area contributed by atoms with Gasteiger partial charge in [0, 0.05) is 19.4 Å². The third-order valence-electron chi connectivity index (χ3n) is 12.1. The molecule has 5 nitrogen and oxygen atoms in total. The molecule has 0 fully saturated rings. The smallest absolute Gasteiger partial charge is 0.306 e. The average Bonchev–Trinajstić information content (AvgIpc) is 3.27. The van der Waals surface area contributed by atoms with E-state index < -0.39 is 6.10 Å². The van der Waals surface area contributed by atoms with Crippen molar-refractivity contribution in [3.05, 3.63) is 36.5 Å². The molecular weight excluding hydrogens is 765 g/mol. The molecule has 0 rings (SSSR count). The van der Waals surface area contributed by atoms with Crippen molar-refractivity contribution < 1.29 is 23.8 Å². The molecule has 364 valence electrons. The average molecular weight is 871 g/mol. The molecule has 0 aromatic heterocycles. The Morgan fingerprint density at radius 1 is 0.355 bits per heavy atom. The van der Waals surface area contributed by atoms with Gasteiger partial charge in [-0.25, -0.2) is 0 Å². The predicted octanol–water partition coefficient (Wildman–Crippen LogP) is 18.6. The van der Waals surface area contributed by atoms with E-state index in [1.54, 1.807) is 0 Å². The maximum atomic E-state index is 12.8. The number of esters is 2. The van der Waals surface area contributed by atoms with Crippen LogP contribution in [0.2, 0.25) is 0 Å². The molecule has 1 unspecified atom stereocenters. The van der Waals surface area contributed by atoms with Gasteiger partial charge in [-0.2, -0.15) is 0 Å². The summed E-state index contributed by atoms with van der Waals surface area (Å²) in [5, 5.41) is 0. The molecular formula is C57H106O5. The molecule has 0 saturated carbocycles. The van der Waals surface area contributed by atoms with E-state index in [9.17, 15) is 9.59 Å².